The molecule has 98 valence electrons. The van der Waals surface area contributed by atoms with Gasteiger partial charge in [-0.2, -0.15) is 5.10 Å². The Morgan fingerprint density at radius 2 is 2.17 bits per heavy atom. The average molecular weight is 313 g/mol. The van der Waals surface area contributed by atoms with Crippen LogP contribution in [0.25, 0.3) is 0 Å². The van der Waals surface area contributed by atoms with Crippen LogP contribution >= 0.6 is 15.9 Å². The van der Waals surface area contributed by atoms with Gasteiger partial charge in [-0.1, -0.05) is 0 Å². The van der Waals surface area contributed by atoms with Crippen molar-refractivity contribution in [1.82, 2.24) is 14.7 Å². The molecule has 4 rings (SSSR count). The number of fused-ring (bicyclic) bond motifs is 3. The molecular formula is C12H17BrN4O. The highest BCUT2D eigenvalue weighted by atomic mass is 79.9. The van der Waals surface area contributed by atoms with E-state index in [2.05, 4.69) is 31.2 Å². The third kappa shape index (κ3) is 2.07. The number of nitrogens with zero attached hydrogens (tertiary/aromatic N) is 3. The number of hydrogen-bond acceptors (Lipinski definition) is 4. The van der Waals surface area contributed by atoms with Crippen LogP contribution in [0.3, 0.4) is 0 Å². The molecule has 3 aliphatic rings. The summed E-state index contributed by atoms with van der Waals surface area (Å²) in [7, 11) is 1.66. The molecule has 1 aromatic rings. The van der Waals surface area contributed by atoms with Crippen molar-refractivity contribution < 1.29 is 0 Å². The van der Waals surface area contributed by atoms with E-state index in [4.69, 9.17) is 0 Å². The van der Waals surface area contributed by atoms with E-state index in [1.165, 1.54) is 30.6 Å². The topological polar surface area (TPSA) is 50.2 Å². The summed E-state index contributed by atoms with van der Waals surface area (Å²) in [6.07, 6.45) is 4.24. The van der Waals surface area contributed by atoms with Crippen molar-refractivity contribution in [3.8, 4) is 0 Å². The third-order valence-corrected chi connectivity index (χ3v) is 4.84. The first-order valence-electron chi connectivity index (χ1n) is 6.36. The molecule has 3 saturated heterocycles. The van der Waals surface area contributed by atoms with Gasteiger partial charge in [-0.05, 0) is 47.8 Å². The van der Waals surface area contributed by atoms with Crippen LogP contribution in [0.2, 0.25) is 0 Å². The van der Waals surface area contributed by atoms with Crippen LogP contribution in [0.5, 0.6) is 0 Å². The number of anilines is 1. The van der Waals surface area contributed by atoms with Gasteiger partial charge in [0, 0.05) is 19.6 Å². The zero-order valence-electron chi connectivity index (χ0n) is 10.4. The Morgan fingerprint density at radius 1 is 1.44 bits per heavy atom. The monoisotopic (exact) mass is 312 g/mol. The van der Waals surface area contributed by atoms with E-state index in [1.54, 1.807) is 13.2 Å². The second-order valence-electron chi connectivity index (χ2n) is 5.19. The summed E-state index contributed by atoms with van der Waals surface area (Å²) < 4.78 is 1.92. The van der Waals surface area contributed by atoms with Gasteiger partial charge in [0.05, 0.1) is 11.9 Å². The molecule has 0 amide bonds. The number of nitrogens with one attached hydrogen (secondary N) is 1. The standard InChI is InChI=1S/C12H17BrN4O/c1-16-12(18)11(13)9(6-14-16)15-10-7-17-4-2-8(10)3-5-17/h6,8,10,15H,2-5,7H2,1H3. The third-order valence-electron chi connectivity index (χ3n) is 4.08. The van der Waals surface area contributed by atoms with Gasteiger partial charge in [0.15, 0.2) is 0 Å². The molecule has 1 unspecified atom stereocenters. The molecule has 1 atom stereocenters. The minimum absolute atomic E-state index is 0.0960. The molecule has 5 nitrogen and oxygen atoms in total. The Balaban J connectivity index is 1.81. The predicted octanol–water partition coefficient (Wildman–Crippen LogP) is 1.05. The number of halogens is 1. The maximum atomic E-state index is 11.8. The van der Waals surface area contributed by atoms with E-state index in [0.29, 0.717) is 10.5 Å². The molecule has 4 heterocycles. The first-order valence-corrected chi connectivity index (χ1v) is 7.15. The van der Waals surface area contributed by atoms with Gasteiger partial charge in [0.2, 0.25) is 0 Å². The molecule has 0 radical (unpaired) electrons. The molecule has 0 saturated carbocycles. The summed E-state index contributed by atoms with van der Waals surface area (Å²) in [5.41, 5.74) is 0.720. The summed E-state index contributed by atoms with van der Waals surface area (Å²) in [5.74, 6) is 0.728. The van der Waals surface area contributed by atoms with Crippen molar-refractivity contribution in [2.45, 2.75) is 18.9 Å². The van der Waals surface area contributed by atoms with Crippen LogP contribution in [0.1, 0.15) is 12.8 Å². The van der Waals surface area contributed by atoms with Crippen molar-refractivity contribution >= 4 is 21.6 Å². The molecule has 6 heteroatoms. The van der Waals surface area contributed by atoms with Crippen LogP contribution in [-0.2, 0) is 7.05 Å². The van der Waals surface area contributed by atoms with E-state index in [-0.39, 0.29) is 5.56 Å². The minimum Gasteiger partial charge on any atom is -0.378 e. The van der Waals surface area contributed by atoms with Crippen molar-refractivity contribution in [2.75, 3.05) is 25.0 Å². The first-order chi connectivity index (χ1) is 8.65. The summed E-state index contributed by atoms with van der Waals surface area (Å²) in [4.78, 5) is 14.3. The molecule has 18 heavy (non-hydrogen) atoms. The van der Waals surface area contributed by atoms with E-state index < -0.39 is 0 Å². The summed E-state index contributed by atoms with van der Waals surface area (Å²) >= 11 is 3.36. The Bertz CT molecular complexity index is 507. The highest BCUT2D eigenvalue weighted by molar-refractivity contribution is 9.10. The Kier molecular flexibility index (Phi) is 3.15. The zero-order valence-corrected chi connectivity index (χ0v) is 12.0. The van der Waals surface area contributed by atoms with Gasteiger partial charge in [0.25, 0.3) is 5.56 Å². The summed E-state index contributed by atoms with van der Waals surface area (Å²) in [6, 6.07) is 0.442. The molecular weight excluding hydrogens is 296 g/mol. The van der Waals surface area contributed by atoms with Crippen molar-refractivity contribution in [1.29, 1.82) is 0 Å². The normalized spacial score (nSPS) is 30.4. The van der Waals surface area contributed by atoms with Gasteiger partial charge < -0.3 is 10.2 Å². The lowest BCUT2D eigenvalue weighted by atomic mass is 9.84. The Labute approximate surface area is 114 Å². The lowest BCUT2D eigenvalue weighted by Gasteiger charge is -2.45. The summed E-state index contributed by atoms with van der Waals surface area (Å²) in [6.45, 7) is 3.52. The number of piperidine rings is 3. The zero-order chi connectivity index (χ0) is 12.7. The Morgan fingerprint density at radius 3 is 2.78 bits per heavy atom. The van der Waals surface area contributed by atoms with E-state index in [9.17, 15) is 4.79 Å². The van der Waals surface area contributed by atoms with Crippen molar-refractivity contribution in [2.24, 2.45) is 13.0 Å². The molecule has 3 aliphatic heterocycles. The molecule has 0 aliphatic carbocycles. The molecule has 1 aromatic heterocycles. The SMILES string of the molecule is Cn1ncc(NC2CN3CCC2CC3)c(Br)c1=O. The second-order valence-corrected chi connectivity index (χ2v) is 5.98. The van der Waals surface area contributed by atoms with Crippen LogP contribution < -0.4 is 10.9 Å². The fraction of sp³-hybridized carbons (Fsp3) is 0.667. The fourth-order valence-corrected chi connectivity index (χ4v) is 3.41. The molecule has 3 fully saturated rings. The van der Waals surface area contributed by atoms with Gasteiger partial charge >= 0.3 is 0 Å². The first kappa shape index (κ1) is 12.2. The maximum Gasteiger partial charge on any atom is 0.282 e. The van der Waals surface area contributed by atoms with Gasteiger partial charge in [-0.25, -0.2) is 4.68 Å². The predicted molar refractivity (Wildman–Crippen MR) is 73.8 cm³/mol. The number of aryl methyl sites for hydroxylation is 1. The van der Waals surface area contributed by atoms with Crippen LogP contribution in [0, 0.1) is 5.92 Å². The smallest absolute Gasteiger partial charge is 0.282 e. The lowest BCUT2D eigenvalue weighted by molar-refractivity contribution is 0.0975. The van der Waals surface area contributed by atoms with E-state index in [0.717, 1.165) is 18.2 Å². The van der Waals surface area contributed by atoms with Crippen LogP contribution in [-0.4, -0.2) is 40.4 Å². The molecule has 0 aromatic carbocycles. The van der Waals surface area contributed by atoms with Crippen molar-refractivity contribution in [3.05, 3.63) is 21.0 Å². The fourth-order valence-electron chi connectivity index (χ4n) is 2.94. The molecule has 0 spiro atoms. The highest BCUT2D eigenvalue weighted by Gasteiger charge is 2.34. The van der Waals surface area contributed by atoms with Gasteiger partial charge in [0.1, 0.15) is 4.47 Å². The maximum absolute atomic E-state index is 11.8. The largest absolute Gasteiger partial charge is 0.378 e. The van der Waals surface area contributed by atoms with Crippen LogP contribution in [0.15, 0.2) is 15.5 Å². The number of hydrogen-bond donors (Lipinski definition) is 1. The number of aromatic nitrogens is 2. The van der Waals surface area contributed by atoms with E-state index >= 15 is 0 Å². The molecule has 1 N–H and O–H groups in total. The van der Waals surface area contributed by atoms with Crippen LogP contribution in [0.4, 0.5) is 5.69 Å². The quantitative estimate of drug-likeness (QED) is 0.887. The van der Waals surface area contributed by atoms with Crippen molar-refractivity contribution in [3.63, 3.8) is 0 Å². The average Bonchev–Trinajstić information content (AvgIpc) is 2.41. The molecule has 2 bridgehead atoms. The lowest BCUT2D eigenvalue weighted by Crippen LogP contribution is -2.53. The summed E-state index contributed by atoms with van der Waals surface area (Å²) in [5, 5.41) is 7.55. The minimum atomic E-state index is -0.0960. The van der Waals surface area contributed by atoms with Gasteiger partial charge in [-0.15, -0.1) is 0 Å². The van der Waals surface area contributed by atoms with E-state index in [1.807, 2.05) is 0 Å². The Hall–Kier alpha value is -0.880. The second kappa shape index (κ2) is 4.66. The van der Waals surface area contributed by atoms with Gasteiger partial charge in [-0.3, -0.25) is 4.79 Å². The number of rotatable bonds is 2. The highest BCUT2D eigenvalue weighted by Crippen LogP contribution is 2.30.